The molecule has 1 heterocycles. The maximum atomic E-state index is 13.7. The number of hydrogen-bond acceptors (Lipinski definition) is 4. The lowest BCUT2D eigenvalue weighted by atomic mass is 10.1. The van der Waals surface area contributed by atoms with E-state index in [2.05, 4.69) is 27.4 Å². The van der Waals surface area contributed by atoms with E-state index in [9.17, 15) is 12.8 Å². The Hall–Kier alpha value is -0.940. The minimum atomic E-state index is -3.20. The van der Waals surface area contributed by atoms with Crippen LogP contribution in [0, 0.1) is 11.7 Å². The lowest BCUT2D eigenvalue weighted by molar-refractivity contribution is 0.324. The van der Waals surface area contributed by atoms with Gasteiger partial charge in [-0.05, 0) is 62.0 Å². The molecule has 0 aliphatic carbocycles. The largest absolute Gasteiger partial charge is 0.357 e. The number of hydrogen-bond donors (Lipinski definition) is 2. The average molecular weight is 540 g/mol. The van der Waals surface area contributed by atoms with Gasteiger partial charge in [-0.3, -0.25) is 0 Å². The number of nitrogens with zero attached hydrogens (tertiary/aromatic N) is 2. The van der Waals surface area contributed by atoms with Crippen LogP contribution in [-0.4, -0.2) is 58.3 Å². The molecule has 1 atom stereocenters. The second-order valence-corrected chi connectivity index (χ2v) is 9.65. The molecule has 1 aliphatic rings. The highest BCUT2D eigenvalue weighted by Gasteiger charge is 2.21. The molecule has 0 aromatic heterocycles. The van der Waals surface area contributed by atoms with E-state index in [0.29, 0.717) is 23.0 Å². The van der Waals surface area contributed by atoms with Crippen molar-refractivity contribution in [1.29, 1.82) is 0 Å². The van der Waals surface area contributed by atoms with Gasteiger partial charge in [-0.25, -0.2) is 17.8 Å². The molecule has 166 valence electrons. The summed E-state index contributed by atoms with van der Waals surface area (Å²) in [6, 6.07) is 4.19. The highest BCUT2D eigenvalue weighted by Crippen LogP contribution is 2.17. The molecule has 9 heteroatoms. The first kappa shape index (κ1) is 26.1. The molecule has 29 heavy (non-hydrogen) atoms. The van der Waals surface area contributed by atoms with Crippen molar-refractivity contribution in [1.82, 2.24) is 15.5 Å². The van der Waals surface area contributed by atoms with Gasteiger partial charge in [-0.2, -0.15) is 0 Å². The summed E-state index contributed by atoms with van der Waals surface area (Å²) in [5.74, 6) is 0.760. The number of halogens is 2. The standard InChI is InChI=1S/C20H33FN4O2S.HI/c1-4-9-25-10-8-16(14-25)12-23-20(22-5-2)24-13-18-11-19(21)7-6-17(18)15-28(3,26)27;/h6-7,11,16H,4-5,8-10,12-15H2,1-3H3,(H2,22,23,24);1H. The molecule has 0 amide bonds. The summed E-state index contributed by atoms with van der Waals surface area (Å²) < 4.78 is 37.0. The topological polar surface area (TPSA) is 73.8 Å². The number of likely N-dealkylation sites (tertiary alicyclic amines) is 1. The first-order chi connectivity index (χ1) is 13.3. The van der Waals surface area contributed by atoms with Crippen molar-refractivity contribution in [3.05, 3.63) is 35.1 Å². The normalized spacial score (nSPS) is 17.8. The zero-order valence-corrected chi connectivity index (χ0v) is 20.7. The fourth-order valence-electron chi connectivity index (χ4n) is 3.51. The van der Waals surface area contributed by atoms with Crippen molar-refractivity contribution < 1.29 is 12.8 Å². The van der Waals surface area contributed by atoms with Gasteiger partial charge in [0.2, 0.25) is 0 Å². The Morgan fingerprint density at radius 2 is 2.03 bits per heavy atom. The highest BCUT2D eigenvalue weighted by molar-refractivity contribution is 14.0. The van der Waals surface area contributed by atoms with Crippen LogP contribution in [0.25, 0.3) is 0 Å². The Balaban J connectivity index is 0.00000420. The van der Waals surface area contributed by atoms with Gasteiger partial charge in [0, 0.05) is 25.9 Å². The van der Waals surface area contributed by atoms with Crippen molar-refractivity contribution >= 4 is 39.8 Å². The number of benzene rings is 1. The molecule has 1 fully saturated rings. The van der Waals surface area contributed by atoms with Gasteiger partial charge < -0.3 is 15.5 Å². The van der Waals surface area contributed by atoms with Crippen LogP contribution in [0.4, 0.5) is 4.39 Å². The van der Waals surface area contributed by atoms with Crippen molar-refractivity contribution in [2.45, 2.75) is 39.0 Å². The summed E-state index contributed by atoms with van der Waals surface area (Å²) in [5.41, 5.74) is 1.19. The molecule has 1 aliphatic heterocycles. The van der Waals surface area contributed by atoms with Gasteiger partial charge in [-0.1, -0.05) is 13.0 Å². The fraction of sp³-hybridized carbons (Fsp3) is 0.650. The van der Waals surface area contributed by atoms with Gasteiger partial charge in [-0.15, -0.1) is 24.0 Å². The third-order valence-corrected chi connectivity index (χ3v) is 5.64. The number of nitrogens with one attached hydrogen (secondary N) is 2. The van der Waals surface area contributed by atoms with E-state index in [1.165, 1.54) is 37.3 Å². The lowest BCUT2D eigenvalue weighted by Crippen LogP contribution is -2.40. The minimum absolute atomic E-state index is 0. The molecule has 2 N–H and O–H groups in total. The van der Waals surface area contributed by atoms with Crippen LogP contribution in [0.3, 0.4) is 0 Å². The van der Waals surface area contributed by atoms with E-state index >= 15 is 0 Å². The second kappa shape index (κ2) is 12.7. The summed E-state index contributed by atoms with van der Waals surface area (Å²) in [5, 5.41) is 6.59. The zero-order chi connectivity index (χ0) is 20.6. The van der Waals surface area contributed by atoms with Gasteiger partial charge in [0.05, 0.1) is 12.3 Å². The van der Waals surface area contributed by atoms with E-state index in [4.69, 9.17) is 0 Å². The average Bonchev–Trinajstić information content (AvgIpc) is 3.06. The van der Waals surface area contributed by atoms with E-state index < -0.39 is 9.84 Å². The summed E-state index contributed by atoms with van der Waals surface area (Å²) in [7, 11) is -3.20. The van der Waals surface area contributed by atoms with Crippen molar-refractivity contribution in [3.8, 4) is 0 Å². The van der Waals surface area contributed by atoms with Crippen LogP contribution < -0.4 is 10.6 Å². The molecule has 6 nitrogen and oxygen atoms in total. The highest BCUT2D eigenvalue weighted by atomic mass is 127. The molecular weight excluding hydrogens is 506 g/mol. The Labute approximate surface area is 191 Å². The van der Waals surface area contributed by atoms with Gasteiger partial charge in [0.25, 0.3) is 0 Å². The maximum Gasteiger partial charge on any atom is 0.191 e. The Morgan fingerprint density at radius 3 is 2.69 bits per heavy atom. The third kappa shape index (κ3) is 9.61. The SMILES string of the molecule is CCCN1CCC(CNC(=NCc2cc(F)ccc2CS(C)(=O)=O)NCC)C1.I. The molecule has 0 radical (unpaired) electrons. The van der Waals surface area contributed by atoms with E-state index in [1.807, 2.05) is 6.92 Å². The van der Waals surface area contributed by atoms with Crippen LogP contribution in [0.1, 0.15) is 37.8 Å². The van der Waals surface area contributed by atoms with Crippen molar-refractivity contribution in [2.24, 2.45) is 10.9 Å². The summed E-state index contributed by atoms with van der Waals surface area (Å²) in [4.78, 5) is 7.04. The number of sulfone groups is 1. The van der Waals surface area contributed by atoms with Crippen LogP contribution in [-0.2, 0) is 22.1 Å². The predicted octanol–water partition coefficient (Wildman–Crippen LogP) is 2.78. The second-order valence-electron chi connectivity index (χ2n) is 7.51. The first-order valence-corrected chi connectivity index (χ1v) is 12.1. The Kier molecular flexibility index (Phi) is 11.4. The molecule has 1 unspecified atom stereocenters. The molecule has 1 aromatic rings. The summed E-state index contributed by atoms with van der Waals surface area (Å²) in [6.45, 7) is 9.37. The maximum absolute atomic E-state index is 13.7. The predicted molar refractivity (Wildman–Crippen MR) is 128 cm³/mol. The molecular formula is C20H34FIN4O2S. The van der Waals surface area contributed by atoms with Gasteiger partial charge in [0.1, 0.15) is 5.82 Å². The lowest BCUT2D eigenvalue weighted by Gasteiger charge is -2.17. The number of rotatable bonds is 9. The Bertz CT molecular complexity index is 774. The number of aliphatic imine (C=N–C) groups is 1. The van der Waals surface area contributed by atoms with Crippen LogP contribution in [0.5, 0.6) is 0 Å². The third-order valence-electron chi connectivity index (χ3n) is 4.81. The van der Waals surface area contributed by atoms with Gasteiger partial charge >= 0.3 is 0 Å². The first-order valence-electron chi connectivity index (χ1n) is 10.00. The summed E-state index contributed by atoms with van der Waals surface area (Å²) in [6.07, 6.45) is 3.53. The molecule has 0 saturated carbocycles. The number of guanidine groups is 1. The van der Waals surface area contributed by atoms with Gasteiger partial charge in [0.15, 0.2) is 15.8 Å². The molecule has 1 saturated heterocycles. The van der Waals surface area contributed by atoms with E-state index in [-0.39, 0.29) is 42.1 Å². The minimum Gasteiger partial charge on any atom is -0.357 e. The smallest absolute Gasteiger partial charge is 0.191 e. The van der Waals surface area contributed by atoms with Crippen LogP contribution >= 0.6 is 24.0 Å². The van der Waals surface area contributed by atoms with Crippen LogP contribution in [0.2, 0.25) is 0 Å². The Morgan fingerprint density at radius 1 is 1.28 bits per heavy atom. The fourth-order valence-corrected chi connectivity index (χ4v) is 4.36. The van der Waals surface area contributed by atoms with Crippen molar-refractivity contribution in [3.63, 3.8) is 0 Å². The quantitative estimate of drug-likeness (QED) is 0.287. The molecule has 0 spiro atoms. The van der Waals surface area contributed by atoms with E-state index in [0.717, 1.165) is 32.7 Å². The van der Waals surface area contributed by atoms with Crippen molar-refractivity contribution in [2.75, 3.05) is 39.0 Å². The van der Waals surface area contributed by atoms with E-state index in [1.54, 1.807) is 0 Å². The van der Waals surface area contributed by atoms with Crippen LogP contribution in [0.15, 0.2) is 23.2 Å². The summed E-state index contributed by atoms with van der Waals surface area (Å²) >= 11 is 0. The zero-order valence-electron chi connectivity index (χ0n) is 17.6. The molecule has 2 rings (SSSR count). The molecule has 1 aromatic carbocycles. The molecule has 0 bridgehead atoms. The monoisotopic (exact) mass is 540 g/mol.